The highest BCUT2D eigenvalue weighted by atomic mass is 32.1. The van der Waals surface area contributed by atoms with Crippen molar-refractivity contribution in [3.63, 3.8) is 0 Å². The van der Waals surface area contributed by atoms with Crippen molar-refractivity contribution in [3.8, 4) is 11.3 Å². The molecule has 0 radical (unpaired) electrons. The molecule has 29 heavy (non-hydrogen) atoms. The van der Waals surface area contributed by atoms with Crippen LogP contribution in [-0.2, 0) is 0 Å². The van der Waals surface area contributed by atoms with Crippen molar-refractivity contribution in [1.82, 2.24) is 4.57 Å². The van der Waals surface area contributed by atoms with Gasteiger partial charge < -0.3 is 4.57 Å². The molecule has 6 heteroatoms. The maximum Gasteiger partial charge on any atom is 0.269 e. The monoisotopic (exact) mass is 407 g/mol. The fourth-order valence-corrected chi connectivity index (χ4v) is 4.91. The smallest absolute Gasteiger partial charge is 0.269 e. The van der Waals surface area contributed by atoms with Crippen molar-refractivity contribution in [2.75, 3.05) is 0 Å². The van der Waals surface area contributed by atoms with Crippen LogP contribution in [0.15, 0.2) is 58.9 Å². The maximum absolute atomic E-state index is 11.0. The van der Waals surface area contributed by atoms with E-state index in [4.69, 9.17) is 4.99 Å². The van der Waals surface area contributed by atoms with Crippen LogP contribution in [0.5, 0.6) is 0 Å². The van der Waals surface area contributed by atoms with Gasteiger partial charge in [-0.05, 0) is 54.2 Å². The number of hydrogen-bond acceptors (Lipinski definition) is 4. The molecule has 0 spiro atoms. The van der Waals surface area contributed by atoms with Crippen LogP contribution in [-0.4, -0.2) is 9.49 Å². The Morgan fingerprint density at radius 3 is 2.31 bits per heavy atom. The van der Waals surface area contributed by atoms with Gasteiger partial charge in [-0.3, -0.25) is 10.1 Å². The molecule has 3 aromatic rings. The van der Waals surface area contributed by atoms with Gasteiger partial charge in [0.2, 0.25) is 0 Å². The molecule has 0 unspecified atom stereocenters. The van der Waals surface area contributed by atoms with Gasteiger partial charge in [0, 0.05) is 23.6 Å². The number of rotatable bonds is 5. The lowest BCUT2D eigenvalue weighted by Gasteiger charge is -2.16. The molecule has 0 amide bonds. The van der Waals surface area contributed by atoms with Gasteiger partial charge in [0.15, 0.2) is 4.80 Å². The van der Waals surface area contributed by atoms with Crippen LogP contribution in [0.25, 0.3) is 11.3 Å². The molecule has 1 aliphatic rings. The largest absolute Gasteiger partial charge is 0.313 e. The summed E-state index contributed by atoms with van der Waals surface area (Å²) in [6.07, 6.45) is 4.76. The normalized spacial score (nSPS) is 15.3. The van der Waals surface area contributed by atoms with Crippen LogP contribution in [0.3, 0.4) is 0 Å². The predicted molar refractivity (Wildman–Crippen MR) is 118 cm³/mol. The van der Waals surface area contributed by atoms with E-state index in [0.717, 1.165) is 34.6 Å². The Morgan fingerprint density at radius 1 is 1.07 bits per heavy atom. The minimum Gasteiger partial charge on any atom is -0.313 e. The van der Waals surface area contributed by atoms with E-state index in [1.165, 1.54) is 18.4 Å². The molecule has 1 aliphatic carbocycles. The lowest BCUT2D eigenvalue weighted by Crippen LogP contribution is -2.19. The standard InChI is InChI=1S/C23H25N3O2S/c1-16(2)17-7-11-19(12-8-17)24-23-25(20-5-3-4-6-20)22(15-29-23)18-9-13-21(14-10-18)26(27)28/h7-16,20H,3-6H2,1-2H3. The molecule has 0 bridgehead atoms. The zero-order valence-corrected chi connectivity index (χ0v) is 17.6. The highest BCUT2D eigenvalue weighted by Gasteiger charge is 2.22. The van der Waals surface area contributed by atoms with Gasteiger partial charge in [-0.15, -0.1) is 11.3 Å². The summed E-state index contributed by atoms with van der Waals surface area (Å²) in [5.74, 6) is 0.503. The summed E-state index contributed by atoms with van der Waals surface area (Å²) in [6.45, 7) is 4.38. The van der Waals surface area contributed by atoms with Crippen LogP contribution in [0.1, 0.15) is 57.1 Å². The van der Waals surface area contributed by atoms with E-state index in [1.807, 2.05) is 12.1 Å². The van der Waals surface area contributed by atoms with Crippen LogP contribution in [0.2, 0.25) is 0 Å². The zero-order chi connectivity index (χ0) is 20.4. The highest BCUT2D eigenvalue weighted by Crippen LogP contribution is 2.34. The first-order chi connectivity index (χ1) is 14.0. The lowest BCUT2D eigenvalue weighted by atomic mass is 10.0. The number of nitro groups is 1. The highest BCUT2D eigenvalue weighted by molar-refractivity contribution is 7.07. The van der Waals surface area contributed by atoms with E-state index < -0.39 is 0 Å². The van der Waals surface area contributed by atoms with Gasteiger partial charge in [0.25, 0.3) is 5.69 Å². The van der Waals surface area contributed by atoms with Gasteiger partial charge in [-0.25, -0.2) is 4.99 Å². The molecule has 150 valence electrons. The summed E-state index contributed by atoms with van der Waals surface area (Å²) < 4.78 is 2.34. The molecule has 0 aliphatic heterocycles. The Kier molecular flexibility index (Phi) is 5.62. The van der Waals surface area contributed by atoms with E-state index in [2.05, 4.69) is 48.1 Å². The molecule has 1 aromatic heterocycles. The third kappa shape index (κ3) is 4.17. The summed E-state index contributed by atoms with van der Waals surface area (Å²) in [7, 11) is 0. The number of thiazole rings is 1. The molecule has 0 N–H and O–H groups in total. The van der Waals surface area contributed by atoms with Crippen molar-refractivity contribution in [2.45, 2.75) is 51.5 Å². The Balaban J connectivity index is 1.77. The third-order valence-electron chi connectivity index (χ3n) is 5.59. The molecule has 4 rings (SSSR count). The Hall–Kier alpha value is -2.73. The predicted octanol–water partition coefficient (Wildman–Crippen LogP) is 6.60. The maximum atomic E-state index is 11.0. The first-order valence-corrected chi connectivity index (χ1v) is 11.0. The molecular weight excluding hydrogens is 382 g/mol. The molecule has 1 heterocycles. The first-order valence-electron chi connectivity index (χ1n) is 10.1. The number of benzene rings is 2. The minimum absolute atomic E-state index is 0.117. The van der Waals surface area contributed by atoms with Crippen molar-refractivity contribution in [3.05, 3.63) is 74.4 Å². The second-order valence-electron chi connectivity index (χ2n) is 7.87. The van der Waals surface area contributed by atoms with Gasteiger partial charge in [-0.1, -0.05) is 38.8 Å². The van der Waals surface area contributed by atoms with E-state index >= 15 is 0 Å². The van der Waals surface area contributed by atoms with Crippen molar-refractivity contribution < 1.29 is 4.92 Å². The van der Waals surface area contributed by atoms with Gasteiger partial charge in [0.05, 0.1) is 16.3 Å². The number of nitro benzene ring substituents is 1. The molecule has 5 nitrogen and oxygen atoms in total. The summed E-state index contributed by atoms with van der Waals surface area (Å²) >= 11 is 1.64. The molecule has 1 fully saturated rings. The zero-order valence-electron chi connectivity index (χ0n) is 16.7. The van der Waals surface area contributed by atoms with E-state index in [9.17, 15) is 10.1 Å². The van der Waals surface area contributed by atoms with Crippen LogP contribution >= 0.6 is 11.3 Å². The van der Waals surface area contributed by atoms with E-state index in [-0.39, 0.29) is 10.6 Å². The lowest BCUT2D eigenvalue weighted by molar-refractivity contribution is -0.384. The first kappa shape index (κ1) is 19.6. The van der Waals surface area contributed by atoms with E-state index in [1.54, 1.807) is 23.5 Å². The fraction of sp³-hybridized carbons (Fsp3) is 0.348. The number of aromatic nitrogens is 1. The molecule has 1 saturated carbocycles. The second-order valence-corrected chi connectivity index (χ2v) is 8.71. The Labute approximate surface area is 174 Å². The van der Waals surface area contributed by atoms with Crippen LogP contribution in [0, 0.1) is 10.1 Å². The SMILES string of the molecule is CC(C)c1ccc(N=c2scc(-c3ccc([N+](=O)[O-])cc3)n2C2CCCC2)cc1. The average Bonchev–Trinajstić information content (AvgIpc) is 3.38. The summed E-state index contributed by atoms with van der Waals surface area (Å²) in [5.41, 5.74) is 4.47. The summed E-state index contributed by atoms with van der Waals surface area (Å²) in [6, 6.07) is 15.7. The van der Waals surface area contributed by atoms with E-state index in [0.29, 0.717) is 12.0 Å². The van der Waals surface area contributed by atoms with Gasteiger partial charge >= 0.3 is 0 Å². The molecule has 0 atom stereocenters. The topological polar surface area (TPSA) is 60.4 Å². The molecular formula is C23H25N3O2S. The van der Waals surface area contributed by atoms with Gasteiger partial charge in [0.1, 0.15) is 0 Å². The third-order valence-corrected chi connectivity index (χ3v) is 6.43. The molecule has 0 saturated heterocycles. The second kappa shape index (κ2) is 8.33. The average molecular weight is 408 g/mol. The summed E-state index contributed by atoms with van der Waals surface area (Å²) in [5, 5.41) is 13.1. The minimum atomic E-state index is -0.357. The Bertz CT molecular complexity index is 1060. The fourth-order valence-electron chi connectivity index (χ4n) is 3.93. The number of hydrogen-bond donors (Lipinski definition) is 0. The Morgan fingerprint density at radius 2 is 1.72 bits per heavy atom. The van der Waals surface area contributed by atoms with Crippen LogP contribution in [0.4, 0.5) is 11.4 Å². The van der Waals surface area contributed by atoms with Crippen molar-refractivity contribution >= 4 is 22.7 Å². The quantitative estimate of drug-likeness (QED) is 0.353. The van der Waals surface area contributed by atoms with Gasteiger partial charge in [-0.2, -0.15) is 0 Å². The molecule has 2 aromatic carbocycles. The summed E-state index contributed by atoms with van der Waals surface area (Å²) in [4.78, 5) is 16.6. The van der Waals surface area contributed by atoms with Crippen LogP contribution < -0.4 is 4.80 Å². The van der Waals surface area contributed by atoms with Crippen molar-refractivity contribution in [1.29, 1.82) is 0 Å². The number of nitrogens with zero attached hydrogens (tertiary/aromatic N) is 3. The number of non-ortho nitro benzene ring substituents is 1. The van der Waals surface area contributed by atoms with Crippen molar-refractivity contribution in [2.24, 2.45) is 4.99 Å².